The number of nitrogens with one attached hydrogen (secondary N) is 1. The Bertz CT molecular complexity index is 520. The van der Waals surface area contributed by atoms with E-state index in [9.17, 15) is 14.3 Å². The van der Waals surface area contributed by atoms with E-state index in [2.05, 4.69) is 5.32 Å². The van der Waals surface area contributed by atoms with Crippen LogP contribution in [0.2, 0.25) is 0 Å². The van der Waals surface area contributed by atoms with Gasteiger partial charge in [-0.2, -0.15) is 0 Å². The SMILES string of the molecule is O=C(Nc1ccc(F)cc1)N1CCC2(O)CCCCC2C1. The molecule has 2 atom stereocenters. The van der Waals surface area contributed by atoms with Crippen molar-refractivity contribution in [3.63, 3.8) is 0 Å². The predicted molar refractivity (Wildman–Crippen MR) is 78.5 cm³/mol. The van der Waals surface area contributed by atoms with Crippen LogP contribution in [0.4, 0.5) is 14.9 Å². The smallest absolute Gasteiger partial charge is 0.321 e. The number of amides is 2. The van der Waals surface area contributed by atoms with Crippen molar-refractivity contribution in [2.24, 2.45) is 5.92 Å². The molecular formula is C16H21FN2O2. The number of rotatable bonds is 1. The highest BCUT2D eigenvalue weighted by atomic mass is 19.1. The zero-order chi connectivity index (χ0) is 14.9. The second-order valence-electron chi connectivity index (χ2n) is 6.18. The molecule has 2 fully saturated rings. The van der Waals surface area contributed by atoms with Crippen molar-refractivity contribution >= 4 is 11.7 Å². The number of hydrogen-bond acceptors (Lipinski definition) is 2. The van der Waals surface area contributed by atoms with Crippen LogP contribution >= 0.6 is 0 Å². The van der Waals surface area contributed by atoms with Crippen LogP contribution in [0.3, 0.4) is 0 Å². The van der Waals surface area contributed by atoms with Crippen LogP contribution in [-0.2, 0) is 0 Å². The molecule has 1 heterocycles. The number of anilines is 1. The van der Waals surface area contributed by atoms with E-state index in [4.69, 9.17) is 0 Å². The molecule has 1 aromatic carbocycles. The number of fused-ring (bicyclic) bond motifs is 1. The molecule has 2 N–H and O–H groups in total. The lowest BCUT2D eigenvalue weighted by molar-refractivity contribution is -0.0863. The van der Waals surface area contributed by atoms with Gasteiger partial charge in [0, 0.05) is 24.7 Å². The number of nitrogens with zero attached hydrogens (tertiary/aromatic N) is 1. The number of urea groups is 1. The zero-order valence-electron chi connectivity index (χ0n) is 12.0. The molecule has 4 nitrogen and oxygen atoms in total. The van der Waals surface area contributed by atoms with Crippen LogP contribution in [0.1, 0.15) is 32.1 Å². The maximum Gasteiger partial charge on any atom is 0.321 e. The predicted octanol–water partition coefficient (Wildman–Crippen LogP) is 2.98. The number of benzene rings is 1. The number of hydrogen-bond donors (Lipinski definition) is 2. The Balaban J connectivity index is 1.62. The monoisotopic (exact) mass is 292 g/mol. The Morgan fingerprint density at radius 2 is 2.05 bits per heavy atom. The quantitative estimate of drug-likeness (QED) is 0.836. The summed E-state index contributed by atoms with van der Waals surface area (Å²) in [5.74, 6) is -0.141. The maximum absolute atomic E-state index is 12.9. The van der Waals surface area contributed by atoms with Gasteiger partial charge in [-0.15, -0.1) is 0 Å². The first-order valence-corrected chi connectivity index (χ1v) is 7.61. The van der Waals surface area contributed by atoms with E-state index in [0.29, 0.717) is 25.2 Å². The molecule has 0 bridgehead atoms. The van der Waals surface area contributed by atoms with Crippen LogP contribution < -0.4 is 5.32 Å². The fraction of sp³-hybridized carbons (Fsp3) is 0.562. The van der Waals surface area contributed by atoms with E-state index in [-0.39, 0.29) is 17.8 Å². The van der Waals surface area contributed by atoms with Crippen molar-refractivity contribution in [2.75, 3.05) is 18.4 Å². The van der Waals surface area contributed by atoms with Gasteiger partial charge in [-0.05, 0) is 43.5 Å². The van der Waals surface area contributed by atoms with E-state index >= 15 is 0 Å². The largest absolute Gasteiger partial charge is 0.389 e. The second kappa shape index (κ2) is 5.64. The van der Waals surface area contributed by atoms with Gasteiger partial charge in [-0.25, -0.2) is 9.18 Å². The summed E-state index contributed by atoms with van der Waals surface area (Å²) in [7, 11) is 0. The lowest BCUT2D eigenvalue weighted by Crippen LogP contribution is -2.55. The number of aliphatic hydroxyl groups is 1. The maximum atomic E-state index is 12.9. The highest BCUT2D eigenvalue weighted by molar-refractivity contribution is 5.89. The fourth-order valence-electron chi connectivity index (χ4n) is 3.49. The molecule has 1 aromatic rings. The molecule has 114 valence electrons. The molecule has 21 heavy (non-hydrogen) atoms. The van der Waals surface area contributed by atoms with Gasteiger partial charge in [-0.1, -0.05) is 12.8 Å². The average molecular weight is 292 g/mol. The molecule has 2 aliphatic rings. The molecule has 5 heteroatoms. The highest BCUT2D eigenvalue weighted by Gasteiger charge is 2.43. The topological polar surface area (TPSA) is 52.6 Å². The van der Waals surface area contributed by atoms with Gasteiger partial charge in [0.05, 0.1) is 5.60 Å². The molecule has 2 unspecified atom stereocenters. The first-order chi connectivity index (χ1) is 10.1. The average Bonchev–Trinajstić information content (AvgIpc) is 2.48. The van der Waals surface area contributed by atoms with Crippen molar-refractivity contribution < 1.29 is 14.3 Å². The lowest BCUT2D eigenvalue weighted by atomic mass is 9.71. The summed E-state index contributed by atoms with van der Waals surface area (Å²) < 4.78 is 12.9. The highest BCUT2D eigenvalue weighted by Crippen LogP contribution is 2.39. The number of piperidine rings is 1. The van der Waals surface area contributed by atoms with Gasteiger partial charge in [0.25, 0.3) is 0 Å². The van der Waals surface area contributed by atoms with Gasteiger partial charge < -0.3 is 15.3 Å². The fourth-order valence-corrected chi connectivity index (χ4v) is 3.49. The molecule has 1 saturated heterocycles. The molecule has 1 aliphatic carbocycles. The van der Waals surface area contributed by atoms with Crippen molar-refractivity contribution in [1.82, 2.24) is 4.90 Å². The molecule has 0 spiro atoms. The second-order valence-corrected chi connectivity index (χ2v) is 6.18. The summed E-state index contributed by atoms with van der Waals surface area (Å²) in [5.41, 5.74) is 0.0103. The summed E-state index contributed by atoms with van der Waals surface area (Å²) in [6.45, 7) is 1.17. The Morgan fingerprint density at radius 3 is 2.81 bits per heavy atom. The minimum Gasteiger partial charge on any atom is -0.389 e. The first-order valence-electron chi connectivity index (χ1n) is 7.61. The van der Waals surface area contributed by atoms with Gasteiger partial charge in [0.2, 0.25) is 0 Å². The Hall–Kier alpha value is -1.62. The van der Waals surface area contributed by atoms with Crippen LogP contribution in [0.25, 0.3) is 0 Å². The van der Waals surface area contributed by atoms with Crippen molar-refractivity contribution in [1.29, 1.82) is 0 Å². The van der Waals surface area contributed by atoms with E-state index in [1.807, 2.05) is 0 Å². The number of carbonyl (C=O) groups excluding carboxylic acids is 1. The molecular weight excluding hydrogens is 271 g/mol. The van der Waals surface area contributed by atoms with Crippen LogP contribution in [-0.4, -0.2) is 34.7 Å². The van der Waals surface area contributed by atoms with E-state index in [0.717, 1.165) is 25.7 Å². The standard InChI is InChI=1S/C16H21FN2O2/c17-13-4-6-14(7-5-13)18-15(20)19-10-9-16(21)8-2-1-3-12(16)11-19/h4-7,12,21H,1-3,8-11H2,(H,18,20). The molecule has 0 radical (unpaired) electrons. The molecule has 0 aromatic heterocycles. The third-order valence-corrected chi connectivity index (χ3v) is 4.81. The summed E-state index contributed by atoms with van der Waals surface area (Å²) in [4.78, 5) is 14.0. The normalized spacial score (nSPS) is 28.9. The Labute approximate surface area is 124 Å². The van der Waals surface area contributed by atoms with Crippen molar-refractivity contribution in [3.05, 3.63) is 30.1 Å². The first kappa shape index (κ1) is 14.3. The van der Waals surface area contributed by atoms with Gasteiger partial charge in [0.15, 0.2) is 0 Å². The molecule has 1 aliphatic heterocycles. The van der Waals surface area contributed by atoms with Crippen LogP contribution in [0, 0.1) is 11.7 Å². The summed E-state index contributed by atoms with van der Waals surface area (Å²) in [5, 5.41) is 13.4. The number of likely N-dealkylation sites (tertiary alicyclic amines) is 1. The third kappa shape index (κ3) is 3.02. The molecule has 1 saturated carbocycles. The molecule has 2 amide bonds. The lowest BCUT2D eigenvalue weighted by Gasteiger charge is -2.47. The van der Waals surface area contributed by atoms with E-state index in [1.165, 1.54) is 12.1 Å². The van der Waals surface area contributed by atoms with Gasteiger partial charge in [0.1, 0.15) is 5.82 Å². The zero-order valence-corrected chi connectivity index (χ0v) is 12.0. The van der Waals surface area contributed by atoms with Gasteiger partial charge in [-0.3, -0.25) is 0 Å². The molecule has 3 rings (SSSR count). The van der Waals surface area contributed by atoms with E-state index < -0.39 is 5.60 Å². The Morgan fingerprint density at radius 1 is 1.29 bits per heavy atom. The van der Waals surface area contributed by atoms with Gasteiger partial charge >= 0.3 is 6.03 Å². The van der Waals surface area contributed by atoms with Crippen molar-refractivity contribution in [3.8, 4) is 0 Å². The summed E-state index contributed by atoms with van der Waals surface area (Å²) >= 11 is 0. The summed E-state index contributed by atoms with van der Waals surface area (Å²) in [6, 6.07) is 5.58. The van der Waals surface area contributed by atoms with Crippen molar-refractivity contribution in [2.45, 2.75) is 37.7 Å². The van der Waals surface area contributed by atoms with Crippen LogP contribution in [0.5, 0.6) is 0 Å². The number of halogens is 1. The minimum atomic E-state index is -0.578. The Kier molecular flexibility index (Phi) is 3.85. The number of carbonyl (C=O) groups is 1. The van der Waals surface area contributed by atoms with Crippen LogP contribution in [0.15, 0.2) is 24.3 Å². The minimum absolute atomic E-state index is 0.172. The summed E-state index contributed by atoms with van der Waals surface area (Å²) in [6.07, 6.45) is 4.69. The van der Waals surface area contributed by atoms with E-state index in [1.54, 1.807) is 17.0 Å². The third-order valence-electron chi connectivity index (χ3n) is 4.81.